The molecule has 0 atom stereocenters. The van der Waals surface area contributed by atoms with E-state index in [0.29, 0.717) is 24.5 Å². The first-order valence-electron chi connectivity index (χ1n) is 9.00. The summed E-state index contributed by atoms with van der Waals surface area (Å²) in [6, 6.07) is 10.7. The molecule has 27 heavy (non-hydrogen) atoms. The maximum atomic E-state index is 10.0. The van der Waals surface area contributed by atoms with Crippen molar-refractivity contribution < 1.29 is 14.9 Å². The van der Waals surface area contributed by atoms with Crippen molar-refractivity contribution >= 4 is 11.4 Å². The van der Waals surface area contributed by atoms with Crippen LogP contribution in [-0.2, 0) is 4.74 Å². The predicted molar refractivity (Wildman–Crippen MR) is 115 cm³/mol. The Balaban J connectivity index is 0.000000646. The van der Waals surface area contributed by atoms with Gasteiger partial charge >= 0.3 is 0 Å². The first-order valence-corrected chi connectivity index (χ1v) is 9.00. The zero-order chi connectivity index (χ0) is 20.1. The molecule has 0 saturated carbocycles. The van der Waals surface area contributed by atoms with Gasteiger partial charge in [-0.15, -0.1) is 13.2 Å². The van der Waals surface area contributed by atoms with E-state index in [4.69, 9.17) is 4.74 Å². The molecule has 0 amide bonds. The highest BCUT2D eigenvalue weighted by Gasteiger charge is 2.07. The third-order valence-corrected chi connectivity index (χ3v) is 3.61. The highest BCUT2D eigenvalue weighted by Crippen LogP contribution is 2.33. The first kappa shape index (κ1) is 22.1. The normalized spacial score (nSPS) is 9.70. The Bertz CT molecular complexity index is 668. The maximum Gasteiger partial charge on any atom is 0.139 e. The van der Waals surface area contributed by atoms with Crippen molar-refractivity contribution in [3.63, 3.8) is 0 Å². The highest BCUT2D eigenvalue weighted by molar-refractivity contribution is 5.74. The molecule has 0 bridgehead atoms. The van der Waals surface area contributed by atoms with Crippen LogP contribution in [0.2, 0.25) is 0 Å². The fraction of sp³-hybridized carbons (Fsp3) is 0.273. The molecule has 0 heterocycles. The molecule has 0 radical (unpaired) electrons. The van der Waals surface area contributed by atoms with Crippen LogP contribution in [0.25, 0.3) is 11.1 Å². The van der Waals surface area contributed by atoms with E-state index in [1.165, 1.54) is 0 Å². The lowest BCUT2D eigenvalue weighted by molar-refractivity contribution is 0.162. The lowest BCUT2D eigenvalue weighted by Crippen LogP contribution is -1.98. The van der Waals surface area contributed by atoms with Gasteiger partial charge in [0.05, 0.1) is 11.4 Å². The molecular weight excluding hydrogens is 340 g/mol. The van der Waals surface area contributed by atoms with Crippen LogP contribution in [0.1, 0.15) is 13.8 Å². The van der Waals surface area contributed by atoms with Gasteiger partial charge in [0.25, 0.3) is 0 Å². The number of hydrogen-bond acceptors (Lipinski definition) is 5. The zero-order valence-electron chi connectivity index (χ0n) is 16.2. The summed E-state index contributed by atoms with van der Waals surface area (Å²) in [6.45, 7) is 14.1. The molecule has 146 valence electrons. The smallest absolute Gasteiger partial charge is 0.139 e. The van der Waals surface area contributed by atoms with Crippen LogP contribution in [-0.4, -0.2) is 36.5 Å². The van der Waals surface area contributed by atoms with Crippen LogP contribution in [0.3, 0.4) is 0 Å². The number of phenols is 2. The van der Waals surface area contributed by atoms with Crippen LogP contribution in [0.5, 0.6) is 11.5 Å². The Morgan fingerprint density at radius 2 is 1.22 bits per heavy atom. The van der Waals surface area contributed by atoms with Crippen LogP contribution in [0, 0.1) is 0 Å². The fourth-order valence-electron chi connectivity index (χ4n) is 2.29. The van der Waals surface area contributed by atoms with Gasteiger partial charge in [0.1, 0.15) is 11.5 Å². The molecule has 0 aliphatic heterocycles. The summed E-state index contributed by atoms with van der Waals surface area (Å²) in [5, 5.41) is 26.2. The van der Waals surface area contributed by atoms with E-state index in [2.05, 4.69) is 23.8 Å². The summed E-state index contributed by atoms with van der Waals surface area (Å²) in [6.07, 6.45) is 3.45. The Kier molecular flexibility index (Phi) is 10.2. The minimum absolute atomic E-state index is 0.160. The zero-order valence-corrected chi connectivity index (χ0v) is 16.2. The van der Waals surface area contributed by atoms with Crippen molar-refractivity contribution in [1.82, 2.24) is 0 Å². The largest absolute Gasteiger partial charge is 0.506 e. The van der Waals surface area contributed by atoms with Crippen LogP contribution < -0.4 is 10.6 Å². The van der Waals surface area contributed by atoms with Gasteiger partial charge in [-0.25, -0.2) is 0 Å². The van der Waals surface area contributed by atoms with E-state index in [-0.39, 0.29) is 11.5 Å². The average Bonchev–Trinajstić information content (AvgIpc) is 2.67. The lowest BCUT2D eigenvalue weighted by atomic mass is 10.0. The molecule has 2 aromatic rings. The van der Waals surface area contributed by atoms with E-state index < -0.39 is 0 Å². The summed E-state index contributed by atoms with van der Waals surface area (Å²) >= 11 is 0. The lowest BCUT2D eigenvalue weighted by Gasteiger charge is -2.11. The van der Waals surface area contributed by atoms with E-state index in [0.717, 1.165) is 24.3 Å². The standard InChI is InChI=1S/C18H20N2O2.C4H10O/c1-3-9-19-15-7-5-13(11-17(15)21)14-6-8-16(18(22)12-14)20-10-4-2;1-3-5-4-2/h3-8,11-12,19-22H,1-2,9-10H2;3-4H2,1-2H3. The average molecular weight is 370 g/mol. The van der Waals surface area contributed by atoms with E-state index in [1.807, 2.05) is 26.0 Å². The number of benzene rings is 2. The first-order chi connectivity index (χ1) is 13.1. The number of phenolic OH excluding ortho intramolecular Hbond substituents is 2. The van der Waals surface area contributed by atoms with Gasteiger partial charge in [-0.3, -0.25) is 0 Å². The van der Waals surface area contributed by atoms with Crippen molar-refractivity contribution in [1.29, 1.82) is 0 Å². The highest BCUT2D eigenvalue weighted by atomic mass is 16.5. The molecule has 0 spiro atoms. The van der Waals surface area contributed by atoms with Gasteiger partial charge < -0.3 is 25.6 Å². The van der Waals surface area contributed by atoms with E-state index in [9.17, 15) is 10.2 Å². The Morgan fingerprint density at radius 1 is 0.815 bits per heavy atom. The van der Waals surface area contributed by atoms with Gasteiger partial charge in [0.15, 0.2) is 0 Å². The SMILES string of the molecule is C=CCNc1ccc(-c2ccc(NCC=C)c(O)c2)cc1O.CCOCC. The number of rotatable bonds is 9. The van der Waals surface area contributed by atoms with Crippen LogP contribution in [0.15, 0.2) is 61.7 Å². The van der Waals surface area contributed by atoms with Gasteiger partial charge in [0.2, 0.25) is 0 Å². The topological polar surface area (TPSA) is 73.8 Å². The monoisotopic (exact) mass is 370 g/mol. The summed E-state index contributed by atoms with van der Waals surface area (Å²) in [5.74, 6) is 0.320. The van der Waals surface area contributed by atoms with Crippen LogP contribution in [0.4, 0.5) is 11.4 Å². The molecular formula is C22H30N2O3. The molecule has 0 aliphatic carbocycles. The molecule has 0 aliphatic rings. The second-order valence-electron chi connectivity index (χ2n) is 5.58. The predicted octanol–water partition coefficient (Wildman–Crippen LogP) is 5.00. The van der Waals surface area contributed by atoms with E-state index >= 15 is 0 Å². The quantitative estimate of drug-likeness (QED) is 0.369. The molecule has 2 rings (SSSR count). The van der Waals surface area contributed by atoms with Gasteiger partial charge in [-0.05, 0) is 49.2 Å². The Hall–Kier alpha value is -2.92. The summed E-state index contributed by atoms with van der Waals surface area (Å²) in [7, 11) is 0. The van der Waals surface area contributed by atoms with Crippen molar-refractivity contribution in [2.75, 3.05) is 36.9 Å². The molecule has 5 heteroatoms. The number of ether oxygens (including phenoxy) is 1. The Labute approximate surface area is 162 Å². The molecule has 0 unspecified atom stereocenters. The van der Waals surface area contributed by atoms with Crippen molar-refractivity contribution in [2.45, 2.75) is 13.8 Å². The number of nitrogens with one attached hydrogen (secondary N) is 2. The van der Waals surface area contributed by atoms with Crippen molar-refractivity contribution in [3.05, 3.63) is 61.7 Å². The van der Waals surface area contributed by atoms with Crippen LogP contribution >= 0.6 is 0 Å². The summed E-state index contributed by atoms with van der Waals surface area (Å²) in [4.78, 5) is 0. The third kappa shape index (κ3) is 7.46. The molecule has 0 fully saturated rings. The summed E-state index contributed by atoms with van der Waals surface area (Å²) in [5.41, 5.74) is 2.95. The molecule has 2 aromatic carbocycles. The molecule has 0 aromatic heterocycles. The van der Waals surface area contributed by atoms with E-state index in [1.54, 1.807) is 36.4 Å². The van der Waals surface area contributed by atoms with Gasteiger partial charge in [0, 0.05) is 26.3 Å². The third-order valence-electron chi connectivity index (χ3n) is 3.61. The minimum Gasteiger partial charge on any atom is -0.506 e. The fourth-order valence-corrected chi connectivity index (χ4v) is 2.29. The minimum atomic E-state index is 0.160. The molecule has 5 nitrogen and oxygen atoms in total. The number of aromatic hydroxyl groups is 2. The Morgan fingerprint density at radius 3 is 1.48 bits per heavy atom. The maximum absolute atomic E-state index is 10.0. The number of anilines is 2. The van der Waals surface area contributed by atoms with Gasteiger partial charge in [-0.1, -0.05) is 24.3 Å². The van der Waals surface area contributed by atoms with Crippen molar-refractivity contribution in [2.24, 2.45) is 0 Å². The molecule has 0 saturated heterocycles. The number of hydrogen-bond donors (Lipinski definition) is 4. The summed E-state index contributed by atoms with van der Waals surface area (Å²) < 4.78 is 4.83. The van der Waals surface area contributed by atoms with Gasteiger partial charge in [-0.2, -0.15) is 0 Å². The second kappa shape index (κ2) is 12.4. The second-order valence-corrected chi connectivity index (χ2v) is 5.58. The molecule has 4 N–H and O–H groups in total. The van der Waals surface area contributed by atoms with Crippen molar-refractivity contribution in [3.8, 4) is 22.6 Å².